The minimum atomic E-state index is -0.405. The third kappa shape index (κ3) is 4.23. The predicted octanol–water partition coefficient (Wildman–Crippen LogP) is 4.18. The summed E-state index contributed by atoms with van der Waals surface area (Å²) in [4.78, 5) is 14.3. The van der Waals surface area contributed by atoms with Gasteiger partial charge in [-0.25, -0.2) is 0 Å². The maximum Gasteiger partial charge on any atom is 0.267 e. The molecule has 0 unspecified atom stereocenters. The summed E-state index contributed by atoms with van der Waals surface area (Å²) >= 11 is 0. The van der Waals surface area contributed by atoms with E-state index < -0.39 is 5.91 Å². The largest absolute Gasteiger partial charge is 0.347 e. The lowest BCUT2D eigenvalue weighted by molar-refractivity contribution is -0.112. The number of aryl methyl sites for hydroxylation is 2. The van der Waals surface area contributed by atoms with E-state index in [1.807, 2.05) is 80.3 Å². The Morgan fingerprint density at radius 3 is 2.58 bits per heavy atom. The number of para-hydroxylation sites is 1. The van der Waals surface area contributed by atoms with Crippen LogP contribution >= 0.6 is 0 Å². The number of hydrogen-bond acceptors (Lipinski definition) is 3. The summed E-state index contributed by atoms with van der Waals surface area (Å²) in [6, 6.07) is 17.4. The highest BCUT2D eigenvalue weighted by Gasteiger charge is 2.13. The van der Waals surface area contributed by atoms with Crippen LogP contribution in [0.25, 0.3) is 0 Å². The Balaban J connectivity index is 2.25. The molecule has 2 rings (SSSR count). The fourth-order valence-corrected chi connectivity index (χ4v) is 2.35. The SMILES string of the molecule is CCN(/C=C(/C#N)C(=O)Nc1ccccc1C)c1cccc(C)c1. The van der Waals surface area contributed by atoms with Crippen LogP contribution in [0.4, 0.5) is 11.4 Å². The molecule has 0 radical (unpaired) electrons. The Bertz CT molecular complexity index is 803. The van der Waals surface area contributed by atoms with Gasteiger partial charge >= 0.3 is 0 Å². The van der Waals surface area contributed by atoms with E-state index >= 15 is 0 Å². The number of rotatable bonds is 5. The van der Waals surface area contributed by atoms with Gasteiger partial charge in [0.25, 0.3) is 5.91 Å². The van der Waals surface area contributed by atoms with Crippen LogP contribution in [0.3, 0.4) is 0 Å². The van der Waals surface area contributed by atoms with Gasteiger partial charge in [0, 0.05) is 24.1 Å². The van der Waals surface area contributed by atoms with Gasteiger partial charge in [-0.2, -0.15) is 5.26 Å². The van der Waals surface area contributed by atoms with Gasteiger partial charge in [-0.15, -0.1) is 0 Å². The molecule has 1 amide bonds. The molecule has 122 valence electrons. The van der Waals surface area contributed by atoms with E-state index in [0.717, 1.165) is 16.8 Å². The molecule has 0 spiro atoms. The molecule has 0 aliphatic carbocycles. The molecule has 0 atom stereocenters. The molecule has 4 nitrogen and oxygen atoms in total. The number of hydrogen-bond donors (Lipinski definition) is 1. The zero-order valence-corrected chi connectivity index (χ0v) is 14.2. The van der Waals surface area contributed by atoms with Gasteiger partial charge in [0.2, 0.25) is 0 Å². The quantitative estimate of drug-likeness (QED) is 0.664. The number of benzene rings is 2. The summed E-state index contributed by atoms with van der Waals surface area (Å²) in [5.74, 6) is -0.405. The molecule has 2 aromatic rings. The molecule has 4 heteroatoms. The number of nitriles is 1. The van der Waals surface area contributed by atoms with Gasteiger partial charge in [0.15, 0.2) is 0 Å². The fraction of sp³-hybridized carbons (Fsp3) is 0.200. The number of nitrogens with zero attached hydrogens (tertiary/aromatic N) is 2. The topological polar surface area (TPSA) is 56.1 Å². The Labute approximate surface area is 143 Å². The van der Waals surface area contributed by atoms with Gasteiger partial charge in [0.1, 0.15) is 11.6 Å². The molecule has 0 aromatic heterocycles. The lowest BCUT2D eigenvalue weighted by Gasteiger charge is -2.19. The first-order chi connectivity index (χ1) is 11.5. The number of anilines is 2. The highest BCUT2D eigenvalue weighted by Crippen LogP contribution is 2.18. The second-order valence-corrected chi connectivity index (χ2v) is 5.55. The maximum absolute atomic E-state index is 12.4. The Morgan fingerprint density at radius 2 is 1.96 bits per heavy atom. The van der Waals surface area contributed by atoms with Crippen LogP contribution in [0.1, 0.15) is 18.1 Å². The minimum Gasteiger partial charge on any atom is -0.347 e. The molecule has 0 saturated heterocycles. The number of carbonyl (C=O) groups excluding carboxylic acids is 1. The van der Waals surface area contributed by atoms with Crippen LogP contribution in [-0.2, 0) is 4.79 Å². The molecule has 0 aliphatic rings. The first-order valence-electron chi connectivity index (χ1n) is 7.87. The molecule has 0 heterocycles. The average molecular weight is 319 g/mol. The second-order valence-electron chi connectivity index (χ2n) is 5.55. The van der Waals surface area contributed by atoms with E-state index in [0.29, 0.717) is 12.2 Å². The maximum atomic E-state index is 12.4. The molecular formula is C20H21N3O. The van der Waals surface area contributed by atoms with E-state index in [9.17, 15) is 10.1 Å². The first kappa shape index (κ1) is 17.3. The molecule has 0 bridgehead atoms. The lowest BCUT2D eigenvalue weighted by Crippen LogP contribution is -2.21. The van der Waals surface area contributed by atoms with Crippen molar-refractivity contribution in [2.45, 2.75) is 20.8 Å². The molecule has 1 N–H and O–H groups in total. The summed E-state index contributed by atoms with van der Waals surface area (Å²) in [7, 11) is 0. The van der Waals surface area contributed by atoms with Gasteiger partial charge in [-0.1, -0.05) is 30.3 Å². The third-order valence-electron chi connectivity index (χ3n) is 3.72. The van der Waals surface area contributed by atoms with Crippen molar-refractivity contribution in [3.05, 3.63) is 71.4 Å². The highest BCUT2D eigenvalue weighted by atomic mass is 16.1. The summed E-state index contributed by atoms with van der Waals surface area (Å²) in [6.45, 7) is 6.56. The van der Waals surface area contributed by atoms with Crippen LogP contribution < -0.4 is 10.2 Å². The smallest absolute Gasteiger partial charge is 0.267 e. The number of carbonyl (C=O) groups is 1. The van der Waals surface area contributed by atoms with Crippen LogP contribution in [0, 0.1) is 25.2 Å². The monoisotopic (exact) mass is 319 g/mol. The van der Waals surface area contributed by atoms with Crippen LogP contribution in [-0.4, -0.2) is 12.5 Å². The van der Waals surface area contributed by atoms with Crippen molar-refractivity contribution in [2.75, 3.05) is 16.8 Å². The van der Waals surface area contributed by atoms with Crippen LogP contribution in [0.2, 0.25) is 0 Å². The van der Waals surface area contributed by atoms with Gasteiger partial charge in [0.05, 0.1) is 0 Å². The summed E-state index contributed by atoms with van der Waals surface area (Å²) in [6.07, 6.45) is 1.60. The van der Waals surface area contributed by atoms with E-state index in [1.165, 1.54) is 0 Å². The van der Waals surface area contributed by atoms with E-state index in [4.69, 9.17) is 0 Å². The van der Waals surface area contributed by atoms with Gasteiger partial charge < -0.3 is 10.2 Å². The Hall–Kier alpha value is -3.06. The Morgan fingerprint density at radius 1 is 1.21 bits per heavy atom. The second kappa shape index (κ2) is 7.98. The predicted molar refractivity (Wildman–Crippen MR) is 97.7 cm³/mol. The zero-order chi connectivity index (χ0) is 17.5. The first-order valence-corrected chi connectivity index (χ1v) is 7.87. The number of nitrogens with one attached hydrogen (secondary N) is 1. The highest BCUT2D eigenvalue weighted by molar-refractivity contribution is 6.07. The van der Waals surface area contributed by atoms with Crippen molar-refractivity contribution in [3.8, 4) is 6.07 Å². The Kier molecular flexibility index (Phi) is 5.75. The fourth-order valence-electron chi connectivity index (χ4n) is 2.35. The number of amides is 1. The van der Waals surface area contributed by atoms with Crippen molar-refractivity contribution in [1.29, 1.82) is 5.26 Å². The zero-order valence-electron chi connectivity index (χ0n) is 14.2. The molecule has 2 aromatic carbocycles. The standard InChI is InChI=1S/C20H21N3O/c1-4-23(18-10-7-8-15(2)12-18)14-17(13-21)20(24)22-19-11-6-5-9-16(19)3/h5-12,14H,4H2,1-3H3,(H,22,24)/b17-14-. The molecule has 0 saturated carbocycles. The van der Waals surface area contributed by atoms with E-state index in [2.05, 4.69) is 5.32 Å². The van der Waals surface area contributed by atoms with Crippen molar-refractivity contribution < 1.29 is 4.79 Å². The van der Waals surface area contributed by atoms with Crippen molar-refractivity contribution >= 4 is 17.3 Å². The molecule has 0 fully saturated rings. The summed E-state index contributed by atoms with van der Waals surface area (Å²) in [5.41, 5.74) is 3.81. The lowest BCUT2D eigenvalue weighted by atomic mass is 10.2. The van der Waals surface area contributed by atoms with Gasteiger partial charge in [-0.3, -0.25) is 4.79 Å². The summed E-state index contributed by atoms with van der Waals surface area (Å²) in [5, 5.41) is 12.2. The van der Waals surface area contributed by atoms with E-state index in [1.54, 1.807) is 6.20 Å². The van der Waals surface area contributed by atoms with E-state index in [-0.39, 0.29) is 5.57 Å². The van der Waals surface area contributed by atoms with Crippen LogP contribution in [0.15, 0.2) is 60.3 Å². The minimum absolute atomic E-state index is 0.0709. The average Bonchev–Trinajstić information content (AvgIpc) is 2.58. The van der Waals surface area contributed by atoms with Gasteiger partial charge in [-0.05, 0) is 50.1 Å². The molecular weight excluding hydrogens is 298 g/mol. The third-order valence-corrected chi connectivity index (χ3v) is 3.72. The van der Waals surface area contributed by atoms with Crippen molar-refractivity contribution in [3.63, 3.8) is 0 Å². The normalized spacial score (nSPS) is 10.8. The molecule has 0 aliphatic heterocycles. The summed E-state index contributed by atoms with van der Waals surface area (Å²) < 4.78 is 0. The van der Waals surface area contributed by atoms with Crippen LogP contribution in [0.5, 0.6) is 0 Å². The van der Waals surface area contributed by atoms with Crippen molar-refractivity contribution in [2.24, 2.45) is 0 Å². The molecule has 24 heavy (non-hydrogen) atoms. The van der Waals surface area contributed by atoms with Crippen molar-refractivity contribution in [1.82, 2.24) is 0 Å².